The second kappa shape index (κ2) is 43.3. The van der Waals surface area contributed by atoms with Gasteiger partial charge >= 0.3 is 0 Å². The first-order valence-corrected chi connectivity index (χ1v) is 40.2. The van der Waals surface area contributed by atoms with Crippen LogP contribution in [0.2, 0.25) is 20.1 Å². The van der Waals surface area contributed by atoms with Crippen molar-refractivity contribution < 1.29 is 42.7 Å². The van der Waals surface area contributed by atoms with E-state index in [9.17, 15) is 42.7 Å². The molecule has 1 saturated carbocycles. The smallest absolute Gasteiger partial charge is 0.252 e. The number of rotatable bonds is 28. The van der Waals surface area contributed by atoms with E-state index in [0.29, 0.717) is 160 Å². The number of amides is 6. The Bertz CT molecular complexity index is 3950. The fourth-order valence-corrected chi connectivity index (χ4v) is 15.6. The van der Waals surface area contributed by atoms with E-state index in [4.69, 9.17) is 57.9 Å². The number of carbonyl (C=O) groups excluding carboxylic acids is 6. The molecule has 4 saturated heterocycles. The van der Waals surface area contributed by atoms with Crippen LogP contribution in [0.15, 0.2) is 139 Å². The van der Waals surface area contributed by atoms with Crippen LogP contribution >= 0.6 is 46.4 Å². The third-order valence-electron chi connectivity index (χ3n) is 21.4. The van der Waals surface area contributed by atoms with Gasteiger partial charge in [-0.2, -0.15) is 0 Å². The van der Waals surface area contributed by atoms with Crippen molar-refractivity contribution in [3.63, 3.8) is 0 Å². The van der Waals surface area contributed by atoms with E-state index in [-0.39, 0.29) is 96.9 Å². The molecular formula is C82H108Cl4F2N14O7. The molecule has 1 aliphatic carbocycles. The number of nitrogens with two attached hydrogens (primary N) is 2. The summed E-state index contributed by atoms with van der Waals surface area (Å²) >= 11 is 24.0. The van der Waals surface area contributed by atoms with E-state index < -0.39 is 18.0 Å². The molecule has 5 aromatic carbocycles. The van der Waals surface area contributed by atoms with Gasteiger partial charge in [0.1, 0.15) is 0 Å². The Kier molecular flexibility index (Phi) is 33.9. The lowest BCUT2D eigenvalue weighted by Crippen LogP contribution is -2.51. The zero-order chi connectivity index (χ0) is 77.8. The second-order valence-corrected chi connectivity index (χ2v) is 30.9. The summed E-state index contributed by atoms with van der Waals surface area (Å²) in [7, 11) is 0. The summed E-state index contributed by atoms with van der Waals surface area (Å²) < 4.78 is 27.3. The zero-order valence-corrected chi connectivity index (χ0v) is 65.6. The first-order valence-electron chi connectivity index (χ1n) is 38.7. The Hall–Kier alpha value is -7.58. The van der Waals surface area contributed by atoms with Gasteiger partial charge in [-0.1, -0.05) is 158 Å². The van der Waals surface area contributed by atoms with Crippen LogP contribution in [0.4, 0.5) is 8.78 Å². The van der Waals surface area contributed by atoms with E-state index in [0.717, 1.165) is 36.7 Å². The molecule has 590 valence electrons. The average Bonchev–Trinajstić information content (AvgIpc) is 1.81. The van der Waals surface area contributed by atoms with Gasteiger partial charge in [-0.25, -0.2) is 8.78 Å². The number of hydrogen-bond acceptors (Lipinski definition) is 13. The van der Waals surface area contributed by atoms with Crippen molar-refractivity contribution in [2.75, 3.05) is 91.7 Å². The molecule has 109 heavy (non-hydrogen) atoms. The highest BCUT2D eigenvalue weighted by atomic mass is 35.5. The number of aliphatic imine (C=N–C) groups is 1. The lowest BCUT2D eigenvalue weighted by atomic mass is 9.89. The molecule has 5 heterocycles. The first-order chi connectivity index (χ1) is 52.6. The molecule has 4 aliphatic heterocycles. The number of pyridine rings is 1. The van der Waals surface area contributed by atoms with E-state index in [1.54, 1.807) is 30.5 Å². The van der Waals surface area contributed by atoms with Gasteiger partial charge in [-0.15, -0.1) is 0 Å². The van der Waals surface area contributed by atoms with Crippen LogP contribution < -0.4 is 43.4 Å². The molecule has 0 radical (unpaired) electrons. The van der Waals surface area contributed by atoms with Crippen molar-refractivity contribution in [3.8, 4) is 0 Å². The molecular weight excluding hydrogens is 1470 g/mol. The first kappa shape index (κ1) is 85.4. The Labute approximate surface area is 660 Å². The molecule has 6 aromatic rings. The molecule has 8 atom stereocenters. The average molecular weight is 1580 g/mol. The van der Waals surface area contributed by atoms with Crippen molar-refractivity contribution in [3.05, 3.63) is 181 Å². The minimum absolute atomic E-state index is 0.00302. The maximum Gasteiger partial charge on any atom is 0.252 e. The molecule has 1 aromatic heterocycles. The summed E-state index contributed by atoms with van der Waals surface area (Å²) in [4.78, 5) is 95.0. The normalized spacial score (nSPS) is 21.3. The van der Waals surface area contributed by atoms with Crippen LogP contribution in [-0.4, -0.2) is 205 Å². The van der Waals surface area contributed by atoms with Crippen molar-refractivity contribution in [1.29, 1.82) is 0 Å². The van der Waals surface area contributed by atoms with Crippen LogP contribution in [0.25, 0.3) is 10.9 Å². The third-order valence-corrected chi connectivity index (χ3v) is 22.9. The highest BCUT2D eigenvalue weighted by molar-refractivity contribution is 6.42. The number of aliphatic hydroxyl groups is 1. The van der Waals surface area contributed by atoms with Crippen molar-refractivity contribution in [1.82, 2.24) is 56.5 Å². The fraction of sp³-hybridized carbons (Fsp3) is 0.512. The van der Waals surface area contributed by atoms with Crippen LogP contribution in [0.5, 0.6) is 0 Å². The van der Waals surface area contributed by atoms with Crippen LogP contribution in [-0.2, 0) is 14.4 Å². The highest BCUT2D eigenvalue weighted by Crippen LogP contribution is 2.31. The lowest BCUT2D eigenvalue weighted by Gasteiger charge is -2.33. The number of para-hydroxylation sites is 1. The lowest BCUT2D eigenvalue weighted by molar-refractivity contribution is -0.134. The molecule has 21 nitrogen and oxygen atoms in total. The molecule has 27 heteroatoms. The topological polar surface area (TPSA) is 285 Å². The SMILES string of the molecule is CC[C@H](CN1CC[C@@H](CNC(=O)c2ccc(Cl)c(Cl)c2)N[C@@H](CCN2CCC(F)(F)CC2)C1=O)c1ccccc1.CC[C@H](CN1CC[C@@H](CNC(=O)c2ccc(Cl)c(Cl)c2)N[C@@H](CCO)C1=O)c1ccccc1.NC(N)=NCCC[C@@H]1N[C@H](CNC(=O)c2cnc3ccccc3c2)CCN(CC2CCCCC2)C1=O. The summed E-state index contributed by atoms with van der Waals surface area (Å²) in [6.45, 7) is 10.9. The Morgan fingerprint density at radius 1 is 0.569 bits per heavy atom. The number of halogens is 6. The van der Waals surface area contributed by atoms with Crippen LogP contribution in [0.3, 0.4) is 0 Å². The highest BCUT2D eigenvalue weighted by Gasteiger charge is 2.38. The standard InChI is InChI=1S/C30H38Cl2F2N4O2.C27H39N7O2.C25H31Cl2N3O3/c1-2-21(22-6-4-3-5-7-22)20-38-15-10-24(19-35-28(39)23-8-9-25(31)26(32)18-23)36-27(29(38)40)11-14-37-16-12-30(33,34)13-17-37;28-27(29)30-13-6-11-24-26(36)34(18-19-7-2-1-3-8-19)14-12-22(33-24)17-32-25(35)21-15-20-9-4-5-10-23(20)31-16-21;1-2-17(18-6-4-3-5-7-18)16-30-12-10-20(29-23(11-13-31)25(30)33)15-28-24(32)19-8-9-21(26)22(27)14-19/h3-9,18,21,24,27,36H,2,10-17,19-20H2,1H3,(H,35,39);4-5,9-10,15-16,19,22,24,33H,1-3,6-8,11-14,17-18H2,(H,32,35)(H4,28,29,30);3-9,14,17,20,23,29,31H,2,10-13,15-16H2,1H3,(H,28,32)/t21-,24+,27+;22-,24-;17-,20+,23+/m101/s1. The summed E-state index contributed by atoms with van der Waals surface area (Å²) in [5.74, 6) is -2.01. The zero-order valence-electron chi connectivity index (χ0n) is 62.6. The summed E-state index contributed by atoms with van der Waals surface area (Å²) in [5, 5.41) is 31.1. The Morgan fingerprint density at radius 3 is 1.51 bits per heavy atom. The summed E-state index contributed by atoms with van der Waals surface area (Å²) in [6.07, 6.45) is 13.7. The van der Waals surface area contributed by atoms with Crippen LogP contribution in [0.1, 0.15) is 171 Å². The number of guanidine groups is 1. The number of piperidine rings is 1. The Balaban J connectivity index is 0.000000189. The van der Waals surface area contributed by atoms with Gasteiger partial charge in [-0.05, 0) is 136 Å². The molecule has 0 unspecified atom stereocenters. The predicted molar refractivity (Wildman–Crippen MR) is 430 cm³/mol. The quantitative estimate of drug-likeness (QED) is 0.0125. The predicted octanol–water partition coefficient (Wildman–Crippen LogP) is 11.6. The van der Waals surface area contributed by atoms with Gasteiger partial charge < -0.3 is 68.1 Å². The number of carbonyl (C=O) groups is 6. The second-order valence-electron chi connectivity index (χ2n) is 29.3. The maximum atomic E-state index is 13.8. The third kappa shape index (κ3) is 26.5. The van der Waals surface area contributed by atoms with Crippen LogP contribution in [0, 0.1) is 5.92 Å². The summed E-state index contributed by atoms with van der Waals surface area (Å²) in [6, 6.07) is 38.0. The van der Waals surface area contributed by atoms with Crippen molar-refractivity contribution in [2.45, 2.75) is 171 Å². The van der Waals surface area contributed by atoms with Gasteiger partial charge in [0.25, 0.3) is 23.6 Å². The van der Waals surface area contributed by atoms with Gasteiger partial charge in [0.05, 0.1) is 49.3 Å². The van der Waals surface area contributed by atoms with Gasteiger partial charge in [-0.3, -0.25) is 38.7 Å². The number of benzene rings is 5. The molecule has 5 aliphatic rings. The molecule has 5 fully saturated rings. The van der Waals surface area contributed by atoms with Gasteiger partial charge in [0.15, 0.2) is 5.96 Å². The number of alkyl halides is 2. The van der Waals surface area contributed by atoms with Crippen molar-refractivity contribution in [2.24, 2.45) is 22.4 Å². The number of nitrogens with one attached hydrogen (secondary N) is 6. The number of nitrogens with zero attached hydrogens (tertiary/aromatic N) is 6. The van der Waals surface area contributed by atoms with E-state index in [1.807, 2.05) is 86.3 Å². The molecule has 0 bridgehead atoms. The fourth-order valence-electron chi connectivity index (χ4n) is 15.0. The molecule has 0 spiro atoms. The van der Waals surface area contributed by atoms with Crippen molar-refractivity contribution >= 4 is 98.7 Å². The maximum absolute atomic E-state index is 13.8. The number of aromatic nitrogens is 1. The number of fused-ring (bicyclic) bond motifs is 1. The summed E-state index contributed by atoms with van der Waals surface area (Å²) in [5.41, 5.74) is 15.6. The number of hydrogen-bond donors (Lipinski definition) is 9. The molecule has 11 N–H and O–H groups in total. The largest absolute Gasteiger partial charge is 0.396 e. The van der Waals surface area contributed by atoms with Gasteiger partial charge in [0.2, 0.25) is 17.7 Å². The van der Waals surface area contributed by atoms with E-state index in [1.165, 1.54) is 55.4 Å². The minimum Gasteiger partial charge on any atom is -0.396 e. The molecule has 11 rings (SSSR count). The van der Waals surface area contributed by atoms with Gasteiger partial charge in [0, 0.05) is 157 Å². The molecule has 6 amide bonds. The monoisotopic (exact) mass is 1580 g/mol. The number of aliphatic hydroxyl groups excluding tert-OH is 1. The number of likely N-dealkylation sites (tertiary alicyclic amines) is 1. The van der Waals surface area contributed by atoms with E-state index in [2.05, 4.69) is 80.0 Å². The van der Waals surface area contributed by atoms with E-state index >= 15 is 0 Å². The Morgan fingerprint density at radius 2 is 1.03 bits per heavy atom. The minimum atomic E-state index is -2.60.